The quantitative estimate of drug-likeness (QED) is 0.467. The summed E-state index contributed by atoms with van der Waals surface area (Å²) >= 11 is 12.1. The van der Waals surface area contributed by atoms with Crippen LogP contribution in [0.5, 0.6) is 0 Å². The molecule has 0 fully saturated rings. The van der Waals surface area contributed by atoms with Crippen molar-refractivity contribution in [3.63, 3.8) is 0 Å². The maximum atomic E-state index is 13.5. The summed E-state index contributed by atoms with van der Waals surface area (Å²) in [4.78, 5) is 4.50. The number of nitrogens with two attached hydrogens (primary N) is 1. The van der Waals surface area contributed by atoms with E-state index in [1.807, 2.05) is 26.8 Å². The first kappa shape index (κ1) is 18.1. The van der Waals surface area contributed by atoms with Crippen LogP contribution in [0.25, 0.3) is 11.3 Å². The third kappa shape index (κ3) is 3.49. The van der Waals surface area contributed by atoms with Crippen LogP contribution in [0.4, 0.5) is 4.39 Å². The van der Waals surface area contributed by atoms with E-state index in [4.69, 9.17) is 29.0 Å². The zero-order chi connectivity index (χ0) is 17.3. The fourth-order valence-electron chi connectivity index (χ4n) is 2.63. The van der Waals surface area contributed by atoms with Crippen molar-refractivity contribution in [1.82, 2.24) is 10.2 Å². The first-order chi connectivity index (χ1) is 10.8. The predicted octanol–water partition coefficient (Wildman–Crippen LogP) is 4.83. The highest BCUT2D eigenvalue weighted by molar-refractivity contribution is 6.43. The molecule has 0 aliphatic carbocycles. The Balaban J connectivity index is 2.70. The highest BCUT2D eigenvalue weighted by atomic mass is 35.5. The molecule has 0 aliphatic rings. The molecule has 4 nitrogen and oxygen atoms in total. The molecule has 0 saturated carbocycles. The van der Waals surface area contributed by atoms with E-state index in [-0.39, 0.29) is 16.1 Å². The average molecular weight is 358 g/mol. The highest BCUT2D eigenvalue weighted by Crippen LogP contribution is 2.38. The topological polar surface area (TPSA) is 62.4 Å². The molecule has 2 aromatic rings. The Morgan fingerprint density at radius 2 is 1.96 bits per heavy atom. The molecule has 1 atom stereocenters. The summed E-state index contributed by atoms with van der Waals surface area (Å²) in [5, 5.41) is 10.3. The second kappa shape index (κ2) is 7.11. The van der Waals surface area contributed by atoms with Crippen LogP contribution in [0.3, 0.4) is 0 Å². The number of aryl methyl sites for hydroxylation is 1. The summed E-state index contributed by atoms with van der Waals surface area (Å²) in [6.07, 6.45) is 0.606. The Bertz CT molecular complexity index is 738. The largest absolute Gasteiger partial charge is 0.299 e. The molecule has 1 aromatic heterocycles. The summed E-state index contributed by atoms with van der Waals surface area (Å²) in [5.41, 5.74) is 3.49. The number of hydrogen-bond acceptors (Lipinski definition) is 4. The smallest absolute Gasteiger partial charge is 0.143 e. The molecule has 124 valence electrons. The molecular formula is C16H18Cl2FN3O. The Morgan fingerprint density at radius 3 is 2.52 bits per heavy atom. The van der Waals surface area contributed by atoms with Crippen LogP contribution >= 0.6 is 23.2 Å². The van der Waals surface area contributed by atoms with E-state index in [1.165, 1.54) is 6.07 Å². The Hall–Kier alpha value is -1.24. The number of hydroxylamine groups is 1. The van der Waals surface area contributed by atoms with Gasteiger partial charge in [0.25, 0.3) is 0 Å². The zero-order valence-electron chi connectivity index (χ0n) is 13.1. The zero-order valence-corrected chi connectivity index (χ0v) is 14.6. The van der Waals surface area contributed by atoms with Gasteiger partial charge in [0.2, 0.25) is 0 Å². The standard InChI is InChI=1S/C16H18Cl2FN3O/c1-4-13(22(20)23)11-7-8(2)21-16(9(11)3)10-5-6-12(19)15(18)14(10)17/h5-7,13,23H,4,20H2,1-3H3. The number of benzene rings is 1. The Labute approximate surface area is 144 Å². The van der Waals surface area contributed by atoms with Gasteiger partial charge >= 0.3 is 0 Å². The van der Waals surface area contributed by atoms with Gasteiger partial charge in [-0.25, -0.2) is 10.2 Å². The summed E-state index contributed by atoms with van der Waals surface area (Å²) in [6.45, 7) is 5.60. The summed E-state index contributed by atoms with van der Waals surface area (Å²) in [6, 6.07) is 4.28. The van der Waals surface area contributed by atoms with Gasteiger partial charge in [-0.3, -0.25) is 10.2 Å². The maximum absolute atomic E-state index is 13.5. The molecule has 3 N–H and O–H groups in total. The van der Waals surface area contributed by atoms with Crippen LogP contribution in [0, 0.1) is 19.7 Å². The van der Waals surface area contributed by atoms with Crippen molar-refractivity contribution >= 4 is 23.2 Å². The van der Waals surface area contributed by atoms with Crippen LogP contribution in [0.1, 0.15) is 36.2 Å². The van der Waals surface area contributed by atoms with Crippen molar-refractivity contribution in [2.24, 2.45) is 5.84 Å². The van der Waals surface area contributed by atoms with Gasteiger partial charge in [-0.05, 0) is 49.6 Å². The molecule has 0 amide bonds. The third-order valence-electron chi connectivity index (χ3n) is 3.80. The highest BCUT2D eigenvalue weighted by Gasteiger charge is 2.22. The lowest BCUT2D eigenvalue weighted by Crippen LogP contribution is -2.32. The minimum Gasteiger partial charge on any atom is -0.299 e. The van der Waals surface area contributed by atoms with Gasteiger partial charge in [0, 0.05) is 11.3 Å². The minimum absolute atomic E-state index is 0.112. The molecule has 0 radical (unpaired) electrons. The lowest BCUT2D eigenvalue weighted by molar-refractivity contribution is -0.132. The van der Waals surface area contributed by atoms with Crippen LogP contribution in [-0.4, -0.2) is 15.4 Å². The molecule has 0 aliphatic heterocycles. The number of rotatable bonds is 4. The van der Waals surface area contributed by atoms with Crippen LogP contribution in [-0.2, 0) is 0 Å². The lowest BCUT2D eigenvalue weighted by Gasteiger charge is -2.24. The van der Waals surface area contributed by atoms with Crippen LogP contribution in [0.2, 0.25) is 10.0 Å². The third-order valence-corrected chi connectivity index (χ3v) is 4.65. The Morgan fingerprint density at radius 1 is 1.30 bits per heavy atom. The summed E-state index contributed by atoms with van der Waals surface area (Å²) in [7, 11) is 0. The molecule has 23 heavy (non-hydrogen) atoms. The Kier molecular flexibility index (Phi) is 5.60. The van der Waals surface area contributed by atoms with Crippen molar-refractivity contribution in [2.75, 3.05) is 0 Å². The fraction of sp³-hybridized carbons (Fsp3) is 0.312. The van der Waals surface area contributed by atoms with E-state index in [9.17, 15) is 9.60 Å². The van der Waals surface area contributed by atoms with E-state index >= 15 is 0 Å². The van der Waals surface area contributed by atoms with Gasteiger partial charge in [-0.1, -0.05) is 30.1 Å². The fourth-order valence-corrected chi connectivity index (χ4v) is 3.04. The van der Waals surface area contributed by atoms with Crippen molar-refractivity contribution in [2.45, 2.75) is 33.2 Å². The van der Waals surface area contributed by atoms with Crippen LogP contribution < -0.4 is 5.84 Å². The molecule has 0 bridgehead atoms. The van der Waals surface area contributed by atoms with Crippen molar-refractivity contribution < 1.29 is 9.60 Å². The molecule has 0 saturated heterocycles. The van der Waals surface area contributed by atoms with Gasteiger partial charge in [0.15, 0.2) is 0 Å². The monoisotopic (exact) mass is 357 g/mol. The molecule has 7 heteroatoms. The van der Waals surface area contributed by atoms with E-state index in [2.05, 4.69) is 4.98 Å². The molecular weight excluding hydrogens is 340 g/mol. The van der Waals surface area contributed by atoms with Crippen molar-refractivity contribution in [1.29, 1.82) is 0 Å². The minimum atomic E-state index is -0.583. The first-order valence-electron chi connectivity index (χ1n) is 7.12. The molecule has 0 spiro atoms. The van der Waals surface area contributed by atoms with E-state index in [0.29, 0.717) is 22.9 Å². The molecule has 2 rings (SSSR count). The van der Waals surface area contributed by atoms with Gasteiger partial charge in [-0.2, -0.15) is 0 Å². The average Bonchev–Trinajstić information content (AvgIpc) is 2.49. The SMILES string of the molecule is CCC(c1cc(C)nc(-c2ccc(F)c(Cl)c2Cl)c1C)N(N)O. The summed E-state index contributed by atoms with van der Waals surface area (Å²) < 4.78 is 13.5. The first-order valence-corrected chi connectivity index (χ1v) is 7.88. The molecule has 1 heterocycles. The number of aromatic nitrogens is 1. The van der Waals surface area contributed by atoms with E-state index in [1.54, 1.807) is 6.07 Å². The van der Waals surface area contributed by atoms with Gasteiger partial charge in [0.05, 0.1) is 21.8 Å². The molecule has 1 unspecified atom stereocenters. The number of halogens is 3. The second-order valence-electron chi connectivity index (χ2n) is 5.35. The normalized spacial score (nSPS) is 12.7. The number of pyridine rings is 1. The van der Waals surface area contributed by atoms with Gasteiger partial charge < -0.3 is 0 Å². The number of hydrogen-bond donors (Lipinski definition) is 2. The van der Waals surface area contributed by atoms with Gasteiger partial charge in [-0.15, -0.1) is 5.17 Å². The van der Waals surface area contributed by atoms with Gasteiger partial charge in [0.1, 0.15) is 5.82 Å². The second-order valence-corrected chi connectivity index (χ2v) is 6.11. The predicted molar refractivity (Wildman–Crippen MR) is 90.0 cm³/mol. The van der Waals surface area contributed by atoms with E-state index in [0.717, 1.165) is 16.8 Å². The van der Waals surface area contributed by atoms with E-state index < -0.39 is 5.82 Å². The number of nitrogens with zero attached hydrogens (tertiary/aromatic N) is 2. The number of hydrazine groups is 1. The maximum Gasteiger partial charge on any atom is 0.143 e. The summed E-state index contributed by atoms with van der Waals surface area (Å²) in [5.74, 6) is 4.95. The van der Waals surface area contributed by atoms with Crippen molar-refractivity contribution in [3.8, 4) is 11.3 Å². The lowest BCUT2D eigenvalue weighted by atomic mass is 9.95. The van der Waals surface area contributed by atoms with Crippen molar-refractivity contribution in [3.05, 3.63) is 50.9 Å². The molecule has 1 aromatic carbocycles. The van der Waals surface area contributed by atoms with Crippen LogP contribution in [0.15, 0.2) is 18.2 Å².